The SMILES string of the molecule is CC(C)C(=O)N1C(C)CN(Cc2ccccc2C2CC2)CC1C(=O)NCc1ccc(-c2ccco2)cc1. The predicted octanol–water partition coefficient (Wildman–Crippen LogP) is 5.20. The lowest BCUT2D eigenvalue weighted by molar-refractivity contribution is -0.150. The summed E-state index contributed by atoms with van der Waals surface area (Å²) in [5.41, 5.74) is 4.79. The highest BCUT2D eigenvalue weighted by molar-refractivity contribution is 5.89. The van der Waals surface area contributed by atoms with Gasteiger partial charge < -0.3 is 14.6 Å². The van der Waals surface area contributed by atoms with Gasteiger partial charge in [0.05, 0.1) is 6.26 Å². The first kappa shape index (κ1) is 25.3. The molecule has 1 saturated heterocycles. The lowest BCUT2D eigenvalue weighted by Gasteiger charge is -2.45. The summed E-state index contributed by atoms with van der Waals surface area (Å²) in [4.78, 5) is 30.9. The molecule has 1 aromatic heterocycles. The van der Waals surface area contributed by atoms with Crippen molar-refractivity contribution >= 4 is 11.8 Å². The second-order valence-electron chi connectivity index (χ2n) is 10.8. The third kappa shape index (κ3) is 5.80. The van der Waals surface area contributed by atoms with Crippen LogP contribution in [0.2, 0.25) is 0 Å². The molecule has 2 amide bonds. The minimum Gasteiger partial charge on any atom is -0.464 e. The number of hydrogen-bond donors (Lipinski definition) is 1. The van der Waals surface area contributed by atoms with E-state index < -0.39 is 6.04 Å². The Kier molecular flexibility index (Phi) is 7.47. The Morgan fingerprint density at radius 2 is 1.76 bits per heavy atom. The Hall–Kier alpha value is -3.38. The lowest BCUT2D eigenvalue weighted by atomic mass is 9.99. The number of carbonyl (C=O) groups is 2. The molecule has 1 N–H and O–H groups in total. The van der Waals surface area contributed by atoms with Crippen molar-refractivity contribution in [1.29, 1.82) is 0 Å². The molecule has 6 nitrogen and oxygen atoms in total. The largest absolute Gasteiger partial charge is 0.464 e. The molecule has 1 aliphatic carbocycles. The number of amides is 2. The zero-order chi connectivity index (χ0) is 25.9. The Balaban J connectivity index is 1.29. The van der Waals surface area contributed by atoms with Crippen molar-refractivity contribution < 1.29 is 14.0 Å². The fourth-order valence-electron chi connectivity index (χ4n) is 5.43. The highest BCUT2D eigenvalue weighted by Gasteiger charge is 2.40. The van der Waals surface area contributed by atoms with Crippen molar-refractivity contribution in [2.24, 2.45) is 5.92 Å². The molecule has 2 atom stereocenters. The summed E-state index contributed by atoms with van der Waals surface area (Å²) in [6.45, 7) is 8.38. The second kappa shape index (κ2) is 10.9. The maximum absolute atomic E-state index is 13.5. The van der Waals surface area contributed by atoms with E-state index in [1.54, 1.807) is 6.26 Å². The molecule has 6 heteroatoms. The second-order valence-corrected chi connectivity index (χ2v) is 10.8. The number of hydrogen-bond acceptors (Lipinski definition) is 4. The molecular weight excluding hydrogens is 462 g/mol. The van der Waals surface area contributed by atoms with E-state index in [1.165, 1.54) is 24.0 Å². The maximum atomic E-state index is 13.5. The summed E-state index contributed by atoms with van der Waals surface area (Å²) in [5, 5.41) is 3.11. The Labute approximate surface area is 219 Å². The highest BCUT2D eigenvalue weighted by Crippen LogP contribution is 2.42. The summed E-state index contributed by atoms with van der Waals surface area (Å²) < 4.78 is 5.47. The molecule has 2 aromatic carbocycles. The topological polar surface area (TPSA) is 65.8 Å². The monoisotopic (exact) mass is 499 g/mol. The van der Waals surface area contributed by atoms with E-state index in [-0.39, 0.29) is 23.8 Å². The van der Waals surface area contributed by atoms with Gasteiger partial charge in [0.1, 0.15) is 11.8 Å². The van der Waals surface area contributed by atoms with Crippen molar-refractivity contribution in [2.45, 2.75) is 64.7 Å². The minimum absolute atomic E-state index is 0.0356. The van der Waals surface area contributed by atoms with Crippen LogP contribution in [0, 0.1) is 5.92 Å². The number of rotatable bonds is 8. The summed E-state index contributed by atoms with van der Waals surface area (Å²) in [6.07, 6.45) is 4.18. The zero-order valence-corrected chi connectivity index (χ0v) is 22.0. The molecule has 2 heterocycles. The average Bonchev–Trinajstić information content (AvgIpc) is 3.60. The molecule has 3 aromatic rings. The molecule has 0 radical (unpaired) electrons. The molecule has 0 bridgehead atoms. The fourth-order valence-corrected chi connectivity index (χ4v) is 5.43. The Morgan fingerprint density at radius 3 is 2.43 bits per heavy atom. The van der Waals surface area contributed by atoms with E-state index in [0.29, 0.717) is 19.0 Å². The number of furan rings is 1. The van der Waals surface area contributed by atoms with Gasteiger partial charge in [-0.25, -0.2) is 0 Å². The van der Waals surface area contributed by atoms with E-state index in [0.717, 1.165) is 30.0 Å². The van der Waals surface area contributed by atoms with Crippen LogP contribution in [-0.2, 0) is 22.7 Å². The number of carbonyl (C=O) groups excluding carboxylic acids is 2. The number of nitrogens with one attached hydrogen (secondary N) is 1. The first-order valence-electron chi connectivity index (χ1n) is 13.4. The quantitative estimate of drug-likeness (QED) is 0.463. The van der Waals surface area contributed by atoms with Gasteiger partial charge in [-0.05, 0) is 54.5 Å². The van der Waals surface area contributed by atoms with E-state index in [9.17, 15) is 9.59 Å². The molecule has 5 rings (SSSR count). The molecular formula is C31H37N3O3. The van der Waals surface area contributed by atoms with Crippen LogP contribution < -0.4 is 5.32 Å². The van der Waals surface area contributed by atoms with E-state index in [2.05, 4.69) is 41.4 Å². The number of nitrogens with zero attached hydrogens (tertiary/aromatic N) is 2. The molecule has 2 fully saturated rings. The van der Waals surface area contributed by atoms with Crippen molar-refractivity contribution in [2.75, 3.05) is 13.1 Å². The van der Waals surface area contributed by atoms with Crippen LogP contribution in [0.3, 0.4) is 0 Å². The van der Waals surface area contributed by atoms with E-state index in [4.69, 9.17) is 4.42 Å². The van der Waals surface area contributed by atoms with Gasteiger partial charge in [0.2, 0.25) is 11.8 Å². The maximum Gasteiger partial charge on any atom is 0.244 e. The van der Waals surface area contributed by atoms with Gasteiger partial charge in [0, 0.05) is 43.7 Å². The zero-order valence-electron chi connectivity index (χ0n) is 22.0. The van der Waals surface area contributed by atoms with E-state index in [1.807, 2.05) is 55.1 Å². The summed E-state index contributed by atoms with van der Waals surface area (Å²) in [7, 11) is 0. The first-order valence-corrected chi connectivity index (χ1v) is 13.4. The van der Waals surface area contributed by atoms with E-state index >= 15 is 0 Å². The molecule has 1 aliphatic heterocycles. The van der Waals surface area contributed by atoms with Gasteiger partial charge >= 0.3 is 0 Å². The minimum atomic E-state index is -0.519. The molecule has 2 unspecified atom stereocenters. The van der Waals surface area contributed by atoms with Gasteiger partial charge in [-0.15, -0.1) is 0 Å². The summed E-state index contributed by atoms with van der Waals surface area (Å²) in [5.74, 6) is 1.27. The van der Waals surface area contributed by atoms with Gasteiger partial charge in [-0.3, -0.25) is 14.5 Å². The molecule has 2 aliphatic rings. The molecule has 0 spiro atoms. The first-order chi connectivity index (χ1) is 17.9. The Bertz CT molecular complexity index is 1210. The standard InChI is InChI=1S/C31H37N3O3/c1-21(2)31(36)34-22(3)18-33(19-26-7-4-5-8-27(26)24-14-15-24)20-28(34)30(35)32-17-23-10-12-25(13-11-23)29-9-6-16-37-29/h4-13,16,21-22,24,28H,14-15,17-20H2,1-3H3,(H,32,35). The van der Waals surface area contributed by atoms with Gasteiger partial charge in [0.15, 0.2) is 0 Å². The average molecular weight is 500 g/mol. The van der Waals surface area contributed by atoms with Crippen LogP contribution in [0.1, 0.15) is 56.2 Å². The molecule has 37 heavy (non-hydrogen) atoms. The molecule has 1 saturated carbocycles. The van der Waals surface area contributed by atoms with Crippen molar-refractivity contribution in [3.05, 3.63) is 83.6 Å². The van der Waals surface area contributed by atoms with Crippen LogP contribution >= 0.6 is 0 Å². The number of piperazine rings is 1. The van der Waals surface area contributed by atoms with Gasteiger partial charge in [-0.2, -0.15) is 0 Å². The third-order valence-corrected chi connectivity index (χ3v) is 7.51. The summed E-state index contributed by atoms with van der Waals surface area (Å²) in [6, 6.07) is 19.9. The van der Waals surface area contributed by atoms with Crippen molar-refractivity contribution in [1.82, 2.24) is 15.1 Å². The van der Waals surface area contributed by atoms with Gasteiger partial charge in [0.25, 0.3) is 0 Å². The highest BCUT2D eigenvalue weighted by atomic mass is 16.3. The lowest BCUT2D eigenvalue weighted by Crippen LogP contribution is -2.64. The predicted molar refractivity (Wildman–Crippen MR) is 145 cm³/mol. The normalized spacial score (nSPS) is 20.3. The van der Waals surface area contributed by atoms with Gasteiger partial charge in [-0.1, -0.05) is 62.4 Å². The van der Waals surface area contributed by atoms with Crippen LogP contribution in [0.15, 0.2) is 71.3 Å². The van der Waals surface area contributed by atoms with Crippen LogP contribution in [0.25, 0.3) is 11.3 Å². The fraction of sp³-hybridized carbons (Fsp3) is 0.419. The number of benzene rings is 2. The third-order valence-electron chi connectivity index (χ3n) is 7.51. The van der Waals surface area contributed by atoms with Crippen LogP contribution in [0.5, 0.6) is 0 Å². The smallest absolute Gasteiger partial charge is 0.244 e. The van der Waals surface area contributed by atoms with Crippen LogP contribution in [-0.4, -0.2) is 46.8 Å². The summed E-state index contributed by atoms with van der Waals surface area (Å²) >= 11 is 0. The van der Waals surface area contributed by atoms with Crippen molar-refractivity contribution in [3.8, 4) is 11.3 Å². The van der Waals surface area contributed by atoms with Crippen LogP contribution in [0.4, 0.5) is 0 Å². The van der Waals surface area contributed by atoms with Crippen molar-refractivity contribution in [3.63, 3.8) is 0 Å². The molecule has 194 valence electrons. The Morgan fingerprint density at radius 1 is 1.00 bits per heavy atom.